The molecule has 0 aliphatic carbocycles. The van der Waals surface area contributed by atoms with Gasteiger partial charge in [0.25, 0.3) is 0 Å². The molecule has 8 heavy (non-hydrogen) atoms. The van der Waals surface area contributed by atoms with Gasteiger partial charge < -0.3 is 0 Å². The second-order valence-electron chi connectivity index (χ2n) is 2.34. The molecule has 0 fully saturated rings. The number of hydrogen-bond donors (Lipinski definition) is 0. The highest BCUT2D eigenvalue weighted by Gasteiger charge is 2.15. The second kappa shape index (κ2) is 3.28. The van der Waals surface area contributed by atoms with E-state index in [1.165, 1.54) is 19.3 Å². The molecule has 0 aliphatic rings. The highest BCUT2D eigenvalue weighted by Crippen LogP contribution is 2.33. The smallest absolute Gasteiger partial charge is 0.0313 e. The average Bonchev–Trinajstić information content (AvgIpc) is 1.87. The molecule has 0 atom stereocenters. The van der Waals surface area contributed by atoms with Gasteiger partial charge in [0.15, 0.2) is 0 Å². The fourth-order valence-corrected chi connectivity index (χ4v) is 0.750. The summed E-state index contributed by atoms with van der Waals surface area (Å²) in [5.41, 5.74) is 0. The zero-order valence-electron chi connectivity index (χ0n) is 6.12. The molecule has 0 heterocycles. The van der Waals surface area contributed by atoms with Crippen LogP contribution in [-0.4, -0.2) is 10.2 Å². The van der Waals surface area contributed by atoms with Crippen LogP contribution < -0.4 is 0 Å². The molecule has 1 heteroatoms. The molecule has 47 valence electrons. The van der Waals surface area contributed by atoms with Crippen molar-refractivity contribution in [3.05, 3.63) is 0 Å². The van der Waals surface area contributed by atoms with Gasteiger partial charge in [0, 0.05) is 10.2 Å². The van der Waals surface area contributed by atoms with Gasteiger partial charge >= 0.3 is 0 Å². The molecule has 0 amide bonds. The summed E-state index contributed by atoms with van der Waals surface area (Å²) in [5, 5.41) is 0.431. The predicted octanol–water partition coefficient (Wildman–Crippen LogP) is 2.54. The molecular formula is C7H15Si. The molecule has 0 saturated carbocycles. The first-order chi connectivity index (χ1) is 3.68. The molecule has 0 N–H and O–H groups in total. The van der Waals surface area contributed by atoms with E-state index in [9.17, 15) is 0 Å². The molecule has 0 unspecified atom stereocenters. The molecule has 0 spiro atoms. The molecular weight excluding hydrogens is 112 g/mol. The maximum Gasteiger partial charge on any atom is 0.0313 e. The van der Waals surface area contributed by atoms with E-state index in [0.717, 1.165) is 0 Å². The third-order valence-corrected chi connectivity index (χ3v) is 3.09. The van der Waals surface area contributed by atoms with Crippen molar-refractivity contribution < 1.29 is 0 Å². The Balaban J connectivity index is 3.58. The van der Waals surface area contributed by atoms with Crippen LogP contribution in [0.5, 0.6) is 0 Å². The minimum absolute atomic E-state index is 0.431. The maximum atomic E-state index is 3.73. The Hall–Kier alpha value is 0.217. The van der Waals surface area contributed by atoms with Crippen LogP contribution in [0.3, 0.4) is 0 Å². The van der Waals surface area contributed by atoms with Crippen LogP contribution in [0.2, 0.25) is 5.04 Å². The van der Waals surface area contributed by atoms with Gasteiger partial charge in [0.1, 0.15) is 0 Å². The van der Waals surface area contributed by atoms with Crippen molar-refractivity contribution in [1.29, 1.82) is 0 Å². The first kappa shape index (κ1) is 8.22. The molecule has 0 aromatic rings. The minimum Gasteiger partial charge on any atom is -0.0652 e. The Bertz CT molecular complexity index is 47.1. The highest BCUT2D eigenvalue weighted by molar-refractivity contribution is 6.15. The summed E-state index contributed by atoms with van der Waals surface area (Å²) in [6.07, 6.45) is 3.70. The van der Waals surface area contributed by atoms with Crippen LogP contribution in [0, 0.1) is 0 Å². The van der Waals surface area contributed by atoms with E-state index in [-0.39, 0.29) is 0 Å². The van der Waals surface area contributed by atoms with E-state index < -0.39 is 0 Å². The lowest BCUT2D eigenvalue weighted by Crippen LogP contribution is -2.07. The monoisotopic (exact) mass is 127 g/mol. The molecule has 0 rings (SSSR count). The Morgan fingerprint density at radius 3 is 1.25 bits per heavy atom. The Labute approximate surface area is 56.1 Å². The van der Waals surface area contributed by atoms with Crippen LogP contribution in [0.4, 0.5) is 0 Å². The minimum atomic E-state index is 0.431. The van der Waals surface area contributed by atoms with Crippen molar-refractivity contribution in [3.8, 4) is 0 Å². The SMILES string of the molecule is CCC([Si])(CC)CC. The van der Waals surface area contributed by atoms with Crippen molar-refractivity contribution in [2.75, 3.05) is 0 Å². The van der Waals surface area contributed by atoms with Gasteiger partial charge in [-0.3, -0.25) is 0 Å². The Morgan fingerprint density at radius 1 is 1.00 bits per heavy atom. The summed E-state index contributed by atoms with van der Waals surface area (Å²) in [7, 11) is 3.73. The van der Waals surface area contributed by atoms with E-state index in [0.29, 0.717) is 5.04 Å². The molecule has 0 saturated heterocycles. The summed E-state index contributed by atoms with van der Waals surface area (Å²) in [6.45, 7) is 6.67. The van der Waals surface area contributed by atoms with Gasteiger partial charge in [-0.05, 0) is 5.04 Å². The molecule has 0 aliphatic heterocycles. The van der Waals surface area contributed by atoms with Crippen LogP contribution >= 0.6 is 0 Å². The number of rotatable bonds is 3. The molecule has 3 radical (unpaired) electrons. The van der Waals surface area contributed by atoms with Crippen molar-refractivity contribution >= 4 is 10.2 Å². The topological polar surface area (TPSA) is 0 Å². The fourth-order valence-electron chi connectivity index (χ4n) is 0.750. The summed E-state index contributed by atoms with van der Waals surface area (Å²) in [6, 6.07) is 0. The van der Waals surface area contributed by atoms with E-state index in [4.69, 9.17) is 0 Å². The quantitative estimate of drug-likeness (QED) is 0.511. The lowest BCUT2D eigenvalue weighted by Gasteiger charge is -2.23. The van der Waals surface area contributed by atoms with E-state index in [2.05, 4.69) is 31.0 Å². The second-order valence-corrected chi connectivity index (χ2v) is 3.40. The van der Waals surface area contributed by atoms with Crippen molar-refractivity contribution in [3.63, 3.8) is 0 Å². The molecule has 0 aromatic carbocycles. The Kier molecular flexibility index (Phi) is 3.37. The first-order valence-electron chi connectivity index (χ1n) is 3.43. The fraction of sp³-hybridized carbons (Fsp3) is 1.00. The van der Waals surface area contributed by atoms with Gasteiger partial charge in [-0.1, -0.05) is 40.0 Å². The third-order valence-electron chi connectivity index (χ3n) is 2.03. The summed E-state index contributed by atoms with van der Waals surface area (Å²) >= 11 is 0. The van der Waals surface area contributed by atoms with Crippen molar-refractivity contribution in [1.82, 2.24) is 0 Å². The summed E-state index contributed by atoms with van der Waals surface area (Å²) < 4.78 is 0. The zero-order chi connectivity index (χ0) is 6.62. The first-order valence-corrected chi connectivity index (χ1v) is 3.93. The van der Waals surface area contributed by atoms with Gasteiger partial charge in [-0.15, -0.1) is 0 Å². The molecule has 0 bridgehead atoms. The highest BCUT2D eigenvalue weighted by atomic mass is 28.1. The Morgan fingerprint density at radius 2 is 1.25 bits per heavy atom. The summed E-state index contributed by atoms with van der Waals surface area (Å²) in [4.78, 5) is 0. The standard InChI is InChI=1S/C7H15Si/c1-4-7(8,5-2)6-3/h4-6H2,1-3H3. The van der Waals surface area contributed by atoms with Gasteiger partial charge in [-0.2, -0.15) is 0 Å². The maximum absolute atomic E-state index is 3.73. The van der Waals surface area contributed by atoms with Gasteiger partial charge in [0.2, 0.25) is 0 Å². The van der Waals surface area contributed by atoms with E-state index in [1.54, 1.807) is 0 Å². The normalized spacial score (nSPS) is 12.0. The third kappa shape index (κ3) is 1.99. The van der Waals surface area contributed by atoms with E-state index in [1.807, 2.05) is 0 Å². The van der Waals surface area contributed by atoms with Gasteiger partial charge in [-0.25, -0.2) is 0 Å². The summed E-state index contributed by atoms with van der Waals surface area (Å²) in [5.74, 6) is 0. The van der Waals surface area contributed by atoms with Crippen LogP contribution in [0.15, 0.2) is 0 Å². The van der Waals surface area contributed by atoms with E-state index >= 15 is 0 Å². The lowest BCUT2D eigenvalue weighted by molar-refractivity contribution is 0.504. The number of hydrogen-bond acceptors (Lipinski definition) is 0. The predicted molar refractivity (Wildman–Crippen MR) is 39.3 cm³/mol. The molecule has 0 nitrogen and oxygen atoms in total. The molecule has 0 aromatic heterocycles. The van der Waals surface area contributed by atoms with Gasteiger partial charge in [0.05, 0.1) is 0 Å². The largest absolute Gasteiger partial charge is 0.0652 e. The van der Waals surface area contributed by atoms with Crippen LogP contribution in [0.25, 0.3) is 0 Å². The lowest BCUT2D eigenvalue weighted by atomic mass is 9.99. The van der Waals surface area contributed by atoms with Crippen molar-refractivity contribution in [2.24, 2.45) is 0 Å². The van der Waals surface area contributed by atoms with Crippen molar-refractivity contribution in [2.45, 2.75) is 45.1 Å². The van der Waals surface area contributed by atoms with Crippen LogP contribution in [0.1, 0.15) is 40.0 Å². The van der Waals surface area contributed by atoms with Crippen LogP contribution in [-0.2, 0) is 0 Å². The zero-order valence-corrected chi connectivity index (χ0v) is 7.12. The average molecular weight is 127 g/mol.